The number of hydrogen-bond donors (Lipinski definition) is 1. The molecule has 0 spiro atoms. The molecule has 0 atom stereocenters. The molecule has 2 fully saturated rings. The van der Waals surface area contributed by atoms with Crippen LogP contribution in [-0.4, -0.2) is 28.7 Å². The van der Waals surface area contributed by atoms with Gasteiger partial charge in [-0.1, -0.05) is 37.5 Å². The number of rotatable bonds is 2. The van der Waals surface area contributed by atoms with E-state index in [1.807, 2.05) is 0 Å². The third kappa shape index (κ3) is 1.91. The van der Waals surface area contributed by atoms with Gasteiger partial charge in [0.1, 0.15) is 5.82 Å². The molecule has 0 radical (unpaired) electrons. The topological polar surface area (TPSA) is 45.5 Å². The number of aryl methyl sites for hydroxylation is 1. The van der Waals surface area contributed by atoms with Gasteiger partial charge >= 0.3 is 5.97 Å². The van der Waals surface area contributed by atoms with Crippen LogP contribution in [0.4, 0.5) is 5.82 Å². The summed E-state index contributed by atoms with van der Waals surface area (Å²) in [5.41, 5.74) is 3.00. The van der Waals surface area contributed by atoms with Gasteiger partial charge in [0, 0.05) is 31.1 Å². The molecule has 3 aliphatic heterocycles. The lowest BCUT2D eigenvalue weighted by molar-refractivity contribution is -0.145. The van der Waals surface area contributed by atoms with Gasteiger partial charge in [0.15, 0.2) is 0 Å². The number of hydrogen-bond acceptors (Lipinski definition) is 2. The maximum Gasteiger partial charge on any atom is 0.314 e. The van der Waals surface area contributed by atoms with Gasteiger partial charge in [-0.3, -0.25) is 4.79 Å². The molecule has 1 aliphatic carbocycles. The molecular weight excluding hydrogens is 312 g/mol. The molecule has 0 amide bonds. The first kappa shape index (κ1) is 15.3. The van der Waals surface area contributed by atoms with Crippen LogP contribution in [0, 0.1) is 0 Å². The number of carboxylic acids is 1. The van der Waals surface area contributed by atoms with Crippen molar-refractivity contribution in [1.82, 2.24) is 4.57 Å². The van der Waals surface area contributed by atoms with Crippen molar-refractivity contribution in [1.29, 1.82) is 0 Å². The summed E-state index contributed by atoms with van der Waals surface area (Å²) in [7, 11) is 2.14. The van der Waals surface area contributed by atoms with E-state index in [9.17, 15) is 9.90 Å². The molecule has 1 aromatic carbocycles. The Labute approximate surface area is 148 Å². The average Bonchev–Trinajstić information content (AvgIpc) is 2.98. The van der Waals surface area contributed by atoms with Crippen molar-refractivity contribution in [2.45, 2.75) is 56.3 Å². The molecular formula is C21H26N2O2. The fraction of sp³-hybridized carbons (Fsp3) is 0.571. The highest BCUT2D eigenvalue weighted by Gasteiger charge is 2.44. The van der Waals surface area contributed by atoms with Crippen LogP contribution in [0.25, 0.3) is 10.9 Å². The van der Waals surface area contributed by atoms with Crippen LogP contribution in [0.2, 0.25) is 0 Å². The quantitative estimate of drug-likeness (QED) is 0.894. The second-order valence-electron chi connectivity index (χ2n) is 8.21. The molecule has 6 rings (SSSR count). The third-order valence-electron chi connectivity index (χ3n) is 7.06. The predicted octanol–water partition coefficient (Wildman–Crippen LogP) is 4.16. The number of nitrogens with zero attached hydrogens (tertiary/aromatic N) is 2. The van der Waals surface area contributed by atoms with Crippen molar-refractivity contribution in [3.05, 3.63) is 29.3 Å². The van der Waals surface area contributed by atoms with Crippen molar-refractivity contribution in [2.75, 3.05) is 18.0 Å². The Kier molecular flexibility index (Phi) is 3.22. The first-order valence-corrected chi connectivity index (χ1v) is 9.73. The molecule has 2 aromatic rings. The zero-order chi connectivity index (χ0) is 17.2. The van der Waals surface area contributed by atoms with Gasteiger partial charge in [-0.25, -0.2) is 0 Å². The number of aromatic nitrogens is 1. The largest absolute Gasteiger partial charge is 0.481 e. The number of carboxylic acid groups (broad SMARTS) is 1. The van der Waals surface area contributed by atoms with Crippen LogP contribution in [0.5, 0.6) is 0 Å². The lowest BCUT2D eigenvalue weighted by Crippen LogP contribution is -2.39. The van der Waals surface area contributed by atoms with Crippen molar-refractivity contribution >= 4 is 22.7 Å². The average molecular weight is 338 g/mol. The minimum absolute atomic E-state index is 0.637. The summed E-state index contributed by atoms with van der Waals surface area (Å²) in [6, 6.07) is 6.40. The zero-order valence-electron chi connectivity index (χ0n) is 14.9. The van der Waals surface area contributed by atoms with Crippen LogP contribution >= 0.6 is 0 Å². The first-order valence-electron chi connectivity index (χ1n) is 9.73. The highest BCUT2D eigenvalue weighted by molar-refractivity contribution is 5.97. The van der Waals surface area contributed by atoms with Gasteiger partial charge in [-0.15, -0.1) is 0 Å². The maximum absolute atomic E-state index is 12.4. The molecule has 1 aromatic heterocycles. The van der Waals surface area contributed by atoms with Crippen molar-refractivity contribution in [3.63, 3.8) is 0 Å². The molecule has 1 saturated carbocycles. The molecule has 132 valence electrons. The molecule has 0 unspecified atom stereocenters. The summed E-state index contributed by atoms with van der Waals surface area (Å²) < 4.78 is 2.31. The number of benzene rings is 1. The summed E-state index contributed by atoms with van der Waals surface area (Å²) in [5.74, 6) is 1.36. The lowest BCUT2D eigenvalue weighted by Gasteiger charge is -2.41. The Morgan fingerprint density at radius 2 is 1.88 bits per heavy atom. The molecule has 25 heavy (non-hydrogen) atoms. The molecule has 1 saturated heterocycles. The fourth-order valence-corrected chi connectivity index (χ4v) is 5.83. The highest BCUT2D eigenvalue weighted by atomic mass is 16.4. The Balaban J connectivity index is 1.81. The first-order chi connectivity index (χ1) is 12.1. The molecule has 2 bridgehead atoms. The van der Waals surface area contributed by atoms with Gasteiger partial charge in [-0.05, 0) is 37.2 Å². The van der Waals surface area contributed by atoms with Gasteiger partial charge in [0.05, 0.1) is 10.9 Å². The minimum Gasteiger partial charge on any atom is -0.481 e. The Morgan fingerprint density at radius 3 is 2.56 bits per heavy atom. The molecule has 4 aliphatic rings. The molecule has 4 heterocycles. The van der Waals surface area contributed by atoms with E-state index < -0.39 is 11.4 Å². The van der Waals surface area contributed by atoms with E-state index >= 15 is 0 Å². The number of fused-ring (bicyclic) bond motifs is 3. The monoisotopic (exact) mass is 338 g/mol. The summed E-state index contributed by atoms with van der Waals surface area (Å²) in [5, 5.41) is 11.5. The number of anilines is 1. The normalized spacial score (nSPS) is 22.4. The van der Waals surface area contributed by atoms with E-state index in [1.54, 1.807) is 0 Å². The summed E-state index contributed by atoms with van der Waals surface area (Å²) in [4.78, 5) is 14.9. The number of piperidine rings is 1. The third-order valence-corrected chi connectivity index (χ3v) is 7.06. The summed E-state index contributed by atoms with van der Waals surface area (Å²) in [6.45, 7) is 2.28. The lowest BCUT2D eigenvalue weighted by atomic mass is 9.69. The second-order valence-corrected chi connectivity index (χ2v) is 8.21. The Morgan fingerprint density at radius 1 is 1.16 bits per heavy atom. The van der Waals surface area contributed by atoms with Crippen LogP contribution in [0.1, 0.15) is 62.0 Å². The zero-order valence-corrected chi connectivity index (χ0v) is 14.9. The van der Waals surface area contributed by atoms with Crippen molar-refractivity contribution < 1.29 is 9.90 Å². The number of carbonyl (C=O) groups is 1. The summed E-state index contributed by atoms with van der Waals surface area (Å²) in [6.07, 6.45) is 7.20. The fourth-order valence-electron chi connectivity index (χ4n) is 5.83. The minimum atomic E-state index is -0.707. The SMILES string of the molecule is Cn1c2c(c3cccc(C4(C(=O)O)CCCCC4)c31)C1CCN2CC1. The second kappa shape index (κ2) is 5.26. The van der Waals surface area contributed by atoms with Crippen LogP contribution in [-0.2, 0) is 17.3 Å². The van der Waals surface area contributed by atoms with Gasteiger partial charge in [-0.2, -0.15) is 0 Å². The van der Waals surface area contributed by atoms with Gasteiger partial charge in [0.2, 0.25) is 0 Å². The van der Waals surface area contributed by atoms with E-state index in [0.717, 1.165) is 50.8 Å². The van der Waals surface area contributed by atoms with E-state index in [1.165, 1.54) is 35.1 Å². The van der Waals surface area contributed by atoms with Crippen LogP contribution < -0.4 is 4.90 Å². The number of para-hydroxylation sites is 1. The Hall–Kier alpha value is -1.97. The molecule has 1 N–H and O–H groups in total. The smallest absolute Gasteiger partial charge is 0.314 e. The molecule has 4 nitrogen and oxygen atoms in total. The predicted molar refractivity (Wildman–Crippen MR) is 99.5 cm³/mol. The van der Waals surface area contributed by atoms with E-state index in [2.05, 4.69) is 34.7 Å². The van der Waals surface area contributed by atoms with Crippen molar-refractivity contribution in [2.24, 2.45) is 7.05 Å². The highest BCUT2D eigenvalue weighted by Crippen LogP contribution is 2.50. The Bertz CT molecular complexity index is 852. The standard InChI is InChI=1S/C21H26N2O2/c1-22-18-15(17-14-8-12-23(13-9-14)19(17)22)6-5-7-16(18)21(20(24)25)10-3-2-4-11-21/h5-7,14H,2-4,8-13H2,1H3,(H,24,25). The van der Waals surface area contributed by atoms with E-state index in [4.69, 9.17) is 0 Å². The van der Waals surface area contributed by atoms with Crippen LogP contribution in [0.15, 0.2) is 18.2 Å². The van der Waals surface area contributed by atoms with Crippen molar-refractivity contribution in [3.8, 4) is 0 Å². The van der Waals surface area contributed by atoms with Gasteiger partial charge in [0.25, 0.3) is 0 Å². The van der Waals surface area contributed by atoms with Gasteiger partial charge < -0.3 is 14.6 Å². The number of aliphatic carboxylic acids is 1. The maximum atomic E-state index is 12.4. The van der Waals surface area contributed by atoms with E-state index in [0.29, 0.717) is 5.92 Å². The van der Waals surface area contributed by atoms with E-state index in [-0.39, 0.29) is 0 Å². The van der Waals surface area contributed by atoms with Crippen LogP contribution in [0.3, 0.4) is 0 Å². The summed E-state index contributed by atoms with van der Waals surface area (Å²) >= 11 is 0. The molecule has 4 heteroatoms.